The van der Waals surface area contributed by atoms with Gasteiger partial charge in [-0.1, -0.05) is 65.7 Å². The molecule has 11 nitrogen and oxygen atoms in total. The predicted molar refractivity (Wildman–Crippen MR) is 195 cm³/mol. The number of hydrogen-bond donors (Lipinski definition) is 4. The summed E-state index contributed by atoms with van der Waals surface area (Å²) in [5, 5.41) is 13.8. The second-order valence-electron chi connectivity index (χ2n) is 12.7. The summed E-state index contributed by atoms with van der Waals surface area (Å²) in [6.45, 7) is 2.48. The number of pyridine rings is 2. The second kappa shape index (κ2) is 14.7. The van der Waals surface area contributed by atoms with E-state index in [4.69, 9.17) is 42.9 Å². The fourth-order valence-corrected chi connectivity index (χ4v) is 7.29. The van der Waals surface area contributed by atoms with Gasteiger partial charge in [0.15, 0.2) is 5.65 Å². The van der Waals surface area contributed by atoms with E-state index in [9.17, 15) is 9.59 Å². The fraction of sp³-hybridized carbons (Fsp3) is 0.324. The summed E-state index contributed by atoms with van der Waals surface area (Å²) in [6, 6.07) is 19.8. The smallest absolute Gasteiger partial charge is 0.220 e. The predicted octanol–water partition coefficient (Wildman–Crippen LogP) is 5.42. The maximum absolute atomic E-state index is 11.5. The SMILES string of the molecule is COc1nc(-c2cccc(-c3cccc(-c4ccc5c(n4)nc(CNC[C@H]4CCC(=O)N4)n5C)c3Cl)c2Cl)ccc1CNC[C@H]1CCC(=O)N1. The van der Waals surface area contributed by atoms with Gasteiger partial charge in [-0.25, -0.2) is 15.0 Å². The largest absolute Gasteiger partial charge is 0.481 e. The molecule has 5 aromatic rings. The molecule has 0 unspecified atom stereocenters. The van der Waals surface area contributed by atoms with Crippen LogP contribution in [0.1, 0.15) is 37.1 Å². The number of aromatic nitrogens is 4. The number of rotatable bonds is 12. The van der Waals surface area contributed by atoms with Crippen LogP contribution in [0.3, 0.4) is 0 Å². The molecule has 0 radical (unpaired) electrons. The van der Waals surface area contributed by atoms with E-state index < -0.39 is 0 Å². The number of fused-ring (bicyclic) bond motifs is 1. The molecule has 258 valence electrons. The number of halogens is 2. The Kier molecular flexibility index (Phi) is 10.0. The molecule has 2 aliphatic heterocycles. The molecule has 0 aliphatic carbocycles. The van der Waals surface area contributed by atoms with E-state index in [1.54, 1.807) is 7.11 Å². The molecule has 5 heterocycles. The Morgan fingerprint density at radius 1 is 0.760 bits per heavy atom. The number of imidazole rings is 1. The van der Waals surface area contributed by atoms with Gasteiger partial charge in [0.2, 0.25) is 17.7 Å². The first-order chi connectivity index (χ1) is 24.3. The molecule has 0 saturated carbocycles. The minimum Gasteiger partial charge on any atom is -0.481 e. The highest BCUT2D eigenvalue weighted by molar-refractivity contribution is 6.39. The highest BCUT2D eigenvalue weighted by atomic mass is 35.5. The Morgan fingerprint density at radius 2 is 1.32 bits per heavy atom. The molecule has 2 aromatic carbocycles. The summed E-state index contributed by atoms with van der Waals surface area (Å²) < 4.78 is 7.68. The van der Waals surface area contributed by atoms with Crippen molar-refractivity contribution >= 4 is 46.2 Å². The minimum atomic E-state index is 0.0994. The first-order valence-corrected chi connectivity index (χ1v) is 17.5. The van der Waals surface area contributed by atoms with E-state index in [1.807, 2.05) is 72.3 Å². The normalized spacial score (nSPS) is 17.4. The number of hydrogen-bond acceptors (Lipinski definition) is 8. The lowest BCUT2D eigenvalue weighted by atomic mass is 9.98. The van der Waals surface area contributed by atoms with E-state index in [0.29, 0.717) is 72.0 Å². The zero-order valence-electron chi connectivity index (χ0n) is 27.9. The van der Waals surface area contributed by atoms with Crippen LogP contribution in [-0.4, -0.2) is 63.6 Å². The molecule has 2 fully saturated rings. The summed E-state index contributed by atoms with van der Waals surface area (Å²) >= 11 is 14.2. The molecule has 2 amide bonds. The van der Waals surface area contributed by atoms with E-state index in [0.717, 1.165) is 52.0 Å². The van der Waals surface area contributed by atoms with Gasteiger partial charge >= 0.3 is 0 Å². The Morgan fingerprint density at radius 3 is 1.90 bits per heavy atom. The van der Waals surface area contributed by atoms with Gasteiger partial charge in [-0.15, -0.1) is 0 Å². The monoisotopic (exact) mass is 712 g/mol. The lowest BCUT2D eigenvalue weighted by Gasteiger charge is -2.15. The van der Waals surface area contributed by atoms with Crippen molar-refractivity contribution in [1.82, 2.24) is 40.8 Å². The van der Waals surface area contributed by atoms with Crippen LogP contribution in [0, 0.1) is 0 Å². The minimum absolute atomic E-state index is 0.0994. The Bertz CT molecular complexity index is 2080. The van der Waals surface area contributed by atoms with E-state index >= 15 is 0 Å². The van der Waals surface area contributed by atoms with Crippen molar-refractivity contribution in [2.75, 3.05) is 20.2 Å². The molecule has 4 N–H and O–H groups in total. The molecule has 7 rings (SSSR count). The topological polar surface area (TPSA) is 135 Å². The van der Waals surface area contributed by atoms with Crippen molar-refractivity contribution in [3.05, 3.63) is 82.1 Å². The van der Waals surface area contributed by atoms with Crippen LogP contribution < -0.4 is 26.0 Å². The molecule has 2 atom stereocenters. The van der Waals surface area contributed by atoms with Crippen molar-refractivity contribution in [3.8, 4) is 39.5 Å². The van der Waals surface area contributed by atoms with E-state index in [-0.39, 0.29) is 23.9 Å². The number of amides is 2. The molecule has 0 spiro atoms. The van der Waals surface area contributed by atoms with Crippen LogP contribution in [0.25, 0.3) is 44.8 Å². The molecule has 50 heavy (non-hydrogen) atoms. The number of aryl methyl sites for hydroxylation is 1. The van der Waals surface area contributed by atoms with Gasteiger partial charge in [0.1, 0.15) is 5.82 Å². The average molecular weight is 714 g/mol. The van der Waals surface area contributed by atoms with Crippen LogP contribution in [0.4, 0.5) is 0 Å². The lowest BCUT2D eigenvalue weighted by molar-refractivity contribution is -0.120. The van der Waals surface area contributed by atoms with E-state index in [1.165, 1.54) is 0 Å². The molecule has 0 bridgehead atoms. The van der Waals surface area contributed by atoms with Gasteiger partial charge < -0.3 is 30.6 Å². The molecule has 13 heteroatoms. The summed E-state index contributed by atoms with van der Waals surface area (Å²) in [5.41, 5.74) is 6.88. The van der Waals surface area contributed by atoms with Gasteiger partial charge in [0, 0.05) is 79.4 Å². The van der Waals surface area contributed by atoms with Crippen molar-refractivity contribution in [1.29, 1.82) is 0 Å². The second-order valence-corrected chi connectivity index (χ2v) is 13.4. The standard InChI is InChI=1S/C37H38Cl2N8O3/c1-47-30-14-13-28(44-36(30)46-31(47)20-41-19-23-11-16-33(49)43-23)26-7-3-5-24(34(26)38)25-6-4-8-27(35(25)39)29-12-9-21(37(45-29)50-2)17-40-18-22-10-15-32(48)42-22/h3-9,12-14,22-23,40-41H,10-11,15-20H2,1-2H3,(H,42,48)(H,43,49)/t22-,23-/m1/s1. The van der Waals surface area contributed by atoms with Crippen molar-refractivity contribution in [3.63, 3.8) is 0 Å². The van der Waals surface area contributed by atoms with Crippen LogP contribution in [0.15, 0.2) is 60.7 Å². The average Bonchev–Trinajstić information content (AvgIpc) is 3.82. The number of ether oxygens (including phenoxy) is 1. The summed E-state index contributed by atoms with van der Waals surface area (Å²) in [7, 11) is 3.57. The number of carbonyl (C=O) groups excluding carboxylic acids is 2. The highest BCUT2D eigenvalue weighted by Gasteiger charge is 2.22. The number of benzene rings is 2. The van der Waals surface area contributed by atoms with Crippen molar-refractivity contribution in [2.45, 2.75) is 50.9 Å². The molecular formula is C37H38Cl2N8O3. The number of methoxy groups -OCH3 is 1. The number of carbonyl (C=O) groups is 2. The Hall–Kier alpha value is -4.55. The van der Waals surface area contributed by atoms with Crippen LogP contribution in [0.5, 0.6) is 5.88 Å². The highest BCUT2D eigenvalue weighted by Crippen LogP contribution is 2.42. The van der Waals surface area contributed by atoms with Crippen molar-refractivity contribution in [2.24, 2.45) is 7.05 Å². The number of nitrogens with zero attached hydrogens (tertiary/aromatic N) is 4. The van der Waals surface area contributed by atoms with Crippen LogP contribution >= 0.6 is 23.2 Å². The van der Waals surface area contributed by atoms with Gasteiger partial charge in [-0.05, 0) is 31.0 Å². The third kappa shape index (κ3) is 7.04. The third-order valence-corrected chi connectivity index (χ3v) is 10.2. The fourth-order valence-electron chi connectivity index (χ4n) is 6.64. The zero-order chi connectivity index (χ0) is 34.8. The zero-order valence-corrected chi connectivity index (χ0v) is 29.4. The third-order valence-electron chi connectivity index (χ3n) is 9.36. The quantitative estimate of drug-likeness (QED) is 0.135. The molecule has 3 aromatic heterocycles. The first kappa shape index (κ1) is 33.9. The summed E-state index contributed by atoms with van der Waals surface area (Å²) in [4.78, 5) is 37.5. The summed E-state index contributed by atoms with van der Waals surface area (Å²) in [6.07, 6.45) is 2.83. The van der Waals surface area contributed by atoms with E-state index in [2.05, 4.69) is 21.3 Å². The Balaban J connectivity index is 1.10. The lowest BCUT2D eigenvalue weighted by Crippen LogP contribution is -2.35. The van der Waals surface area contributed by atoms with Gasteiger partial charge in [-0.3, -0.25) is 9.59 Å². The molecule has 2 saturated heterocycles. The summed E-state index contributed by atoms with van der Waals surface area (Å²) in [5.74, 6) is 1.56. The molecular weight excluding hydrogens is 675 g/mol. The van der Waals surface area contributed by atoms with Crippen LogP contribution in [0.2, 0.25) is 10.0 Å². The van der Waals surface area contributed by atoms with Gasteiger partial charge in [0.05, 0.1) is 40.6 Å². The van der Waals surface area contributed by atoms with Gasteiger partial charge in [0.25, 0.3) is 0 Å². The molecule has 2 aliphatic rings. The maximum atomic E-state index is 11.5. The first-order valence-electron chi connectivity index (χ1n) is 16.7. The number of nitrogens with one attached hydrogen (secondary N) is 4. The Labute approximate surface area is 300 Å². The van der Waals surface area contributed by atoms with Crippen LogP contribution in [-0.2, 0) is 29.7 Å². The maximum Gasteiger partial charge on any atom is 0.220 e. The van der Waals surface area contributed by atoms with Gasteiger partial charge in [-0.2, -0.15) is 0 Å². The van der Waals surface area contributed by atoms with Crippen molar-refractivity contribution < 1.29 is 14.3 Å².